The first-order valence-corrected chi connectivity index (χ1v) is 12.3. The van der Waals surface area contributed by atoms with Gasteiger partial charge in [0, 0.05) is 18.7 Å². The Morgan fingerprint density at radius 2 is 2.00 bits per heavy atom. The number of nitrogens with zero attached hydrogens (tertiary/aromatic N) is 2. The monoisotopic (exact) mass is 479 g/mol. The molecule has 1 aliphatic heterocycles. The van der Waals surface area contributed by atoms with Gasteiger partial charge in [-0.25, -0.2) is 4.98 Å². The molecule has 9 nitrogen and oxygen atoms in total. The van der Waals surface area contributed by atoms with Crippen molar-refractivity contribution < 1.29 is 14.4 Å². The van der Waals surface area contributed by atoms with Crippen LogP contribution in [0.1, 0.15) is 29.6 Å². The van der Waals surface area contributed by atoms with Crippen LogP contribution < -0.4 is 21.5 Å². The summed E-state index contributed by atoms with van der Waals surface area (Å²) in [5.41, 5.74) is 1.67. The number of hydrogen-bond donors (Lipinski definition) is 3. The Hall–Kier alpha value is -3.66. The van der Waals surface area contributed by atoms with Crippen LogP contribution in [-0.4, -0.2) is 45.3 Å². The van der Waals surface area contributed by atoms with E-state index in [0.29, 0.717) is 47.2 Å². The van der Waals surface area contributed by atoms with Gasteiger partial charge >= 0.3 is 0 Å². The van der Waals surface area contributed by atoms with Crippen LogP contribution in [0.25, 0.3) is 10.9 Å². The fourth-order valence-corrected chi connectivity index (χ4v) is 4.25. The Kier molecular flexibility index (Phi) is 7.27. The highest BCUT2D eigenvalue weighted by Gasteiger charge is 2.27. The number of carbonyl (C=O) groups is 3. The van der Waals surface area contributed by atoms with Crippen LogP contribution in [0, 0.1) is 0 Å². The third-order valence-electron chi connectivity index (χ3n) is 5.57. The SMILES string of the molecule is CSCC[C@@H]1NC(=O)c2cc(NC(=O)CCCn3cnc4ccccc4c3=O)ccc2NC1=O. The molecule has 1 aromatic heterocycles. The van der Waals surface area contributed by atoms with Crippen molar-refractivity contribution >= 4 is 51.8 Å². The molecule has 3 aromatic rings. The predicted molar refractivity (Wildman–Crippen MR) is 133 cm³/mol. The van der Waals surface area contributed by atoms with Crippen molar-refractivity contribution in [1.29, 1.82) is 0 Å². The number of anilines is 2. The lowest BCUT2D eigenvalue weighted by molar-refractivity contribution is -0.118. The summed E-state index contributed by atoms with van der Waals surface area (Å²) in [6.07, 6.45) is 4.61. The molecule has 0 saturated carbocycles. The molecule has 0 unspecified atom stereocenters. The van der Waals surface area contributed by atoms with Crippen LogP contribution in [0.15, 0.2) is 53.6 Å². The zero-order valence-corrected chi connectivity index (χ0v) is 19.5. The van der Waals surface area contributed by atoms with Gasteiger partial charge in [-0.2, -0.15) is 11.8 Å². The van der Waals surface area contributed by atoms with Crippen molar-refractivity contribution in [3.8, 4) is 0 Å². The largest absolute Gasteiger partial charge is 0.340 e. The van der Waals surface area contributed by atoms with E-state index < -0.39 is 6.04 Å². The second kappa shape index (κ2) is 10.5. The molecule has 10 heteroatoms. The van der Waals surface area contributed by atoms with Crippen LogP contribution in [0.5, 0.6) is 0 Å². The van der Waals surface area contributed by atoms with Gasteiger partial charge in [0.15, 0.2) is 0 Å². The smallest absolute Gasteiger partial charge is 0.261 e. The Bertz CT molecular complexity index is 1310. The van der Waals surface area contributed by atoms with Gasteiger partial charge in [0.25, 0.3) is 11.5 Å². The molecule has 0 radical (unpaired) electrons. The topological polar surface area (TPSA) is 122 Å². The van der Waals surface area contributed by atoms with Crippen LogP contribution in [0.3, 0.4) is 0 Å². The summed E-state index contributed by atoms with van der Waals surface area (Å²) in [7, 11) is 0. The van der Waals surface area contributed by atoms with Gasteiger partial charge in [-0.05, 0) is 55.2 Å². The maximum atomic E-state index is 12.7. The van der Waals surface area contributed by atoms with Crippen LogP contribution in [0.4, 0.5) is 11.4 Å². The first-order chi connectivity index (χ1) is 16.5. The van der Waals surface area contributed by atoms with Crippen molar-refractivity contribution in [1.82, 2.24) is 14.9 Å². The number of fused-ring (bicyclic) bond motifs is 2. The molecular formula is C24H25N5O4S. The third kappa shape index (κ3) is 5.28. The number of thioether (sulfide) groups is 1. The highest BCUT2D eigenvalue weighted by Crippen LogP contribution is 2.24. The summed E-state index contributed by atoms with van der Waals surface area (Å²) < 4.78 is 1.50. The maximum Gasteiger partial charge on any atom is 0.261 e. The normalized spacial score (nSPS) is 15.3. The lowest BCUT2D eigenvalue weighted by atomic mass is 10.1. The van der Waals surface area contributed by atoms with Crippen molar-refractivity contribution in [2.45, 2.75) is 31.8 Å². The molecule has 2 aromatic carbocycles. The van der Waals surface area contributed by atoms with E-state index in [1.807, 2.05) is 12.3 Å². The van der Waals surface area contributed by atoms with Crippen LogP contribution in [0.2, 0.25) is 0 Å². The Morgan fingerprint density at radius 1 is 1.18 bits per heavy atom. The summed E-state index contributed by atoms with van der Waals surface area (Å²) in [6, 6.07) is 11.3. The lowest BCUT2D eigenvalue weighted by Crippen LogP contribution is -2.41. The number of nitrogens with one attached hydrogen (secondary N) is 3. The molecule has 0 saturated heterocycles. The molecule has 1 aliphatic rings. The molecule has 1 atom stereocenters. The van der Waals surface area contributed by atoms with Crippen LogP contribution in [-0.2, 0) is 16.1 Å². The second-order valence-electron chi connectivity index (χ2n) is 7.97. The maximum absolute atomic E-state index is 12.7. The van der Waals surface area contributed by atoms with Crippen molar-refractivity contribution in [3.05, 3.63) is 64.7 Å². The number of amides is 3. The van der Waals surface area contributed by atoms with E-state index in [4.69, 9.17) is 0 Å². The number of hydrogen-bond acceptors (Lipinski definition) is 6. The number of aryl methyl sites for hydroxylation is 1. The van der Waals surface area contributed by atoms with E-state index in [1.54, 1.807) is 48.2 Å². The zero-order valence-electron chi connectivity index (χ0n) is 18.7. The fraction of sp³-hybridized carbons (Fsp3) is 0.292. The Morgan fingerprint density at radius 3 is 2.82 bits per heavy atom. The van der Waals surface area contributed by atoms with Gasteiger partial charge < -0.3 is 16.0 Å². The van der Waals surface area contributed by atoms with Gasteiger partial charge in [0.05, 0.1) is 28.5 Å². The van der Waals surface area contributed by atoms with Gasteiger partial charge in [-0.3, -0.25) is 23.7 Å². The molecule has 3 N–H and O–H groups in total. The van der Waals surface area contributed by atoms with E-state index in [0.717, 1.165) is 5.75 Å². The van der Waals surface area contributed by atoms with Crippen molar-refractivity contribution in [3.63, 3.8) is 0 Å². The van der Waals surface area contributed by atoms with Gasteiger partial charge in [0.2, 0.25) is 11.8 Å². The molecular weight excluding hydrogens is 454 g/mol. The summed E-state index contributed by atoms with van der Waals surface area (Å²) >= 11 is 1.60. The molecule has 176 valence electrons. The minimum Gasteiger partial charge on any atom is -0.340 e. The molecule has 2 heterocycles. The zero-order chi connectivity index (χ0) is 24.1. The number of para-hydroxylation sites is 1. The molecule has 3 amide bonds. The van der Waals surface area contributed by atoms with Crippen molar-refractivity contribution in [2.75, 3.05) is 22.6 Å². The van der Waals surface area contributed by atoms with E-state index in [1.165, 1.54) is 10.9 Å². The number of benzene rings is 2. The molecule has 0 bridgehead atoms. The lowest BCUT2D eigenvalue weighted by Gasteiger charge is -2.13. The predicted octanol–water partition coefficient (Wildman–Crippen LogP) is 2.62. The first-order valence-electron chi connectivity index (χ1n) is 10.9. The molecule has 0 aliphatic carbocycles. The van der Waals surface area contributed by atoms with Gasteiger partial charge in [-0.1, -0.05) is 12.1 Å². The average molecular weight is 480 g/mol. The Labute approximate surface area is 200 Å². The minimum atomic E-state index is -0.599. The van der Waals surface area contributed by atoms with E-state index >= 15 is 0 Å². The van der Waals surface area contributed by atoms with E-state index in [2.05, 4.69) is 20.9 Å². The fourth-order valence-electron chi connectivity index (χ4n) is 3.78. The minimum absolute atomic E-state index is 0.138. The standard InChI is InChI=1S/C24H25N5O4S/c1-34-12-10-20-23(32)27-19-9-8-15(13-17(19)22(31)28-20)26-21(30)7-4-11-29-14-25-18-6-3-2-5-16(18)24(29)33/h2-3,5-6,8-9,13-14,20H,4,7,10-12H2,1H3,(H,26,30)(H,27,32)(H,28,31)/t20-/m0/s1. The first kappa shape index (κ1) is 23.5. The Balaban J connectivity index is 1.36. The van der Waals surface area contributed by atoms with Gasteiger partial charge in [0.1, 0.15) is 6.04 Å². The molecule has 34 heavy (non-hydrogen) atoms. The number of carbonyl (C=O) groups excluding carboxylic acids is 3. The van der Waals surface area contributed by atoms with E-state index in [9.17, 15) is 19.2 Å². The van der Waals surface area contributed by atoms with Crippen molar-refractivity contribution in [2.24, 2.45) is 0 Å². The molecule has 4 rings (SSSR count). The summed E-state index contributed by atoms with van der Waals surface area (Å²) in [5, 5.41) is 8.86. The van der Waals surface area contributed by atoms with Crippen LogP contribution >= 0.6 is 11.8 Å². The third-order valence-corrected chi connectivity index (χ3v) is 6.22. The summed E-state index contributed by atoms with van der Waals surface area (Å²) in [5.74, 6) is -0.107. The number of aromatic nitrogens is 2. The number of rotatable bonds is 8. The molecule has 0 spiro atoms. The highest BCUT2D eigenvalue weighted by atomic mass is 32.2. The summed E-state index contributed by atoms with van der Waals surface area (Å²) in [6.45, 7) is 0.361. The summed E-state index contributed by atoms with van der Waals surface area (Å²) in [4.78, 5) is 54.3. The highest BCUT2D eigenvalue weighted by molar-refractivity contribution is 7.98. The van der Waals surface area contributed by atoms with E-state index in [-0.39, 0.29) is 29.7 Å². The quantitative estimate of drug-likeness (QED) is 0.457. The molecule has 0 fully saturated rings. The second-order valence-corrected chi connectivity index (χ2v) is 8.95. The average Bonchev–Trinajstić information content (AvgIpc) is 2.95. The van der Waals surface area contributed by atoms with Gasteiger partial charge in [-0.15, -0.1) is 0 Å².